The van der Waals surface area contributed by atoms with Crippen molar-refractivity contribution in [1.29, 1.82) is 0 Å². The number of ether oxygens (including phenoxy) is 2. The number of thioether (sulfide) groups is 1. The topological polar surface area (TPSA) is 286 Å². The molecule has 1 saturated carbocycles. The molecule has 3 amide bonds. The van der Waals surface area contributed by atoms with Gasteiger partial charge in [0.15, 0.2) is 10.8 Å². The molecule has 6 N–H and O–H groups in total. The number of aromatic carboxylic acids is 1. The smallest absolute Gasteiger partial charge is 0.479 e. The third kappa shape index (κ3) is 7.85. The molecule has 5 heterocycles. The number of halogens is 1. The number of nitrogen functional groups attached to an aromatic ring is 1. The minimum absolute atomic E-state index is 0.00982. The molecule has 0 radical (unpaired) electrons. The third-order valence-corrected chi connectivity index (χ3v) is 11.3. The minimum atomic E-state index is -1.75. The summed E-state index contributed by atoms with van der Waals surface area (Å²) in [5.41, 5.74) is 4.67. The summed E-state index contributed by atoms with van der Waals surface area (Å²) < 4.78 is 27.6. The van der Waals surface area contributed by atoms with Crippen LogP contribution in [0.4, 0.5) is 24.8 Å². The van der Waals surface area contributed by atoms with Crippen LogP contribution in [0, 0.1) is 5.82 Å². The lowest BCUT2D eigenvalue weighted by molar-refractivity contribution is -0.148. The molecule has 3 aromatic rings. The zero-order chi connectivity index (χ0) is 40.7. The van der Waals surface area contributed by atoms with Crippen LogP contribution in [-0.4, -0.2) is 133 Å². The zero-order valence-corrected chi connectivity index (χ0v) is 30.9. The summed E-state index contributed by atoms with van der Waals surface area (Å²) >= 11 is 2.09. The highest BCUT2D eigenvalue weighted by molar-refractivity contribution is 8.00. The maximum absolute atomic E-state index is 15.4. The number of oxime groups is 1. The average Bonchev–Trinajstić information content (AvgIpc) is 3.93. The number of benzene rings is 1. The predicted octanol–water partition coefficient (Wildman–Crippen LogP) is 1.28. The van der Waals surface area contributed by atoms with Crippen LogP contribution in [0.15, 0.2) is 45.1 Å². The molecule has 3 aliphatic heterocycles. The number of fused-ring (bicyclic) bond motifs is 2. The highest BCUT2D eigenvalue weighted by Gasteiger charge is 2.54. The number of carbonyl (C=O) groups is 6. The normalized spacial score (nSPS) is 19.5. The van der Waals surface area contributed by atoms with Gasteiger partial charge in [-0.3, -0.25) is 19.3 Å². The molecule has 1 aliphatic carbocycles. The number of piperazine rings is 1. The number of carboxylic acids is 2. The van der Waals surface area contributed by atoms with Gasteiger partial charge in [-0.2, -0.15) is 0 Å². The van der Waals surface area contributed by atoms with Crippen LogP contribution in [0.1, 0.15) is 34.9 Å². The number of nitrogens with zero attached hydrogens (tertiary/aromatic N) is 6. The molecule has 21 nitrogen and oxygen atoms in total. The molecular weight excluding hydrogens is 800 g/mol. The lowest BCUT2D eigenvalue weighted by Gasteiger charge is -2.49. The Bertz CT molecular complexity index is 2340. The van der Waals surface area contributed by atoms with Gasteiger partial charge in [0, 0.05) is 60.5 Å². The monoisotopic (exact) mass is 830 g/mol. The van der Waals surface area contributed by atoms with E-state index in [2.05, 4.69) is 15.5 Å². The van der Waals surface area contributed by atoms with Crippen LogP contribution < -0.4 is 21.4 Å². The molecular formula is C33H31FN8O13S2. The number of β-lactam (4-membered cyclic amide) rings is 1. The van der Waals surface area contributed by atoms with E-state index in [1.54, 1.807) is 9.47 Å². The number of aliphatic carboxylic acids is 1. The van der Waals surface area contributed by atoms with Crippen LogP contribution in [0.3, 0.4) is 0 Å². The second kappa shape index (κ2) is 15.6. The first-order valence-corrected chi connectivity index (χ1v) is 18.9. The number of hydrogen-bond donors (Lipinski definition) is 5. The van der Waals surface area contributed by atoms with Crippen LogP contribution in [-0.2, 0) is 28.7 Å². The number of thiazole rings is 1. The molecule has 24 heteroatoms. The molecule has 0 spiro atoms. The van der Waals surface area contributed by atoms with E-state index in [0.717, 1.165) is 46.9 Å². The third-order valence-electron chi connectivity index (χ3n) is 9.31. The standard InChI is InChI=1S/C33H31FN8O13S2/c34-18-7-16-20(41(15-1-2-15)9-17(25(16)45)30(48)49)8-21(18)39-3-5-40(6-4-39)32(50)53-10-14-12-56-29-24(27(47)42(29)28(14)55-33(51)52)37-26(46)23(38-54-11-22(43)44)19-13-57-31(35)36-19/h7-9,13,15,24,29H,1-6,10-12H2,(H2,35,36)(H,37,46)(H,43,44)(H,48,49)(H,51,52)/b38-23-/t24-,29-/m1/s1. The fourth-order valence-corrected chi connectivity index (χ4v) is 8.30. The zero-order valence-electron chi connectivity index (χ0n) is 29.3. The van der Waals surface area contributed by atoms with Crippen molar-refractivity contribution in [1.82, 2.24) is 24.7 Å². The fourth-order valence-electron chi connectivity index (χ4n) is 6.45. The van der Waals surface area contributed by atoms with Crippen LogP contribution in [0.5, 0.6) is 0 Å². The van der Waals surface area contributed by atoms with E-state index in [0.29, 0.717) is 5.52 Å². The first kappa shape index (κ1) is 38.8. The van der Waals surface area contributed by atoms with Crippen molar-refractivity contribution in [2.75, 3.05) is 55.8 Å². The van der Waals surface area contributed by atoms with E-state index in [4.69, 9.17) is 25.2 Å². The van der Waals surface area contributed by atoms with E-state index in [1.807, 2.05) is 0 Å². The molecule has 3 fully saturated rings. The van der Waals surface area contributed by atoms with Gasteiger partial charge in [0.25, 0.3) is 11.8 Å². The number of nitrogens with one attached hydrogen (secondary N) is 1. The van der Waals surface area contributed by atoms with Crippen LogP contribution >= 0.6 is 23.1 Å². The molecule has 2 aromatic heterocycles. The lowest BCUT2D eigenvalue weighted by atomic mass is 10.1. The SMILES string of the molecule is Nc1nc(/C(=N/OCC(=O)O)C(=O)N[C@@H]2C(=O)N3C(OC(=O)O)=C(COC(=O)N4CCN(c5cc6c(cc5F)c(=O)c(C(=O)O)cn6C5CC5)CC4)CS[C@H]23)cs1. The lowest BCUT2D eigenvalue weighted by Crippen LogP contribution is -2.70. The first-order chi connectivity index (χ1) is 27.2. The summed E-state index contributed by atoms with van der Waals surface area (Å²) in [4.78, 5) is 99.4. The number of carbonyl (C=O) groups excluding carboxylic acids is 3. The number of carboxylic acid groups (broad SMARTS) is 3. The van der Waals surface area contributed by atoms with Gasteiger partial charge in [0.2, 0.25) is 17.9 Å². The Morgan fingerprint density at radius 1 is 1.07 bits per heavy atom. The van der Waals surface area contributed by atoms with E-state index < -0.39 is 89.0 Å². The van der Waals surface area contributed by atoms with Gasteiger partial charge in [-0.05, 0) is 25.0 Å². The van der Waals surface area contributed by atoms with Gasteiger partial charge in [0.1, 0.15) is 35.1 Å². The van der Waals surface area contributed by atoms with Gasteiger partial charge < -0.3 is 55.0 Å². The number of amides is 3. The summed E-state index contributed by atoms with van der Waals surface area (Å²) in [5, 5.41) is 34.4. The molecule has 0 unspecified atom stereocenters. The number of aromatic nitrogens is 2. The summed E-state index contributed by atoms with van der Waals surface area (Å²) in [6.45, 7) is -0.772. The molecule has 57 heavy (non-hydrogen) atoms. The maximum Gasteiger partial charge on any atom is 0.512 e. The summed E-state index contributed by atoms with van der Waals surface area (Å²) in [5.74, 6) is -5.57. The Morgan fingerprint density at radius 3 is 2.44 bits per heavy atom. The van der Waals surface area contributed by atoms with Gasteiger partial charge in [0.05, 0.1) is 11.2 Å². The number of pyridine rings is 1. The maximum atomic E-state index is 15.4. The van der Waals surface area contributed by atoms with E-state index >= 15 is 4.39 Å². The van der Waals surface area contributed by atoms with Crippen molar-refractivity contribution >= 4 is 86.5 Å². The Morgan fingerprint density at radius 2 is 1.81 bits per heavy atom. The molecule has 1 aromatic carbocycles. The number of nitrogens with two attached hydrogens (primary N) is 1. The quantitative estimate of drug-likeness (QED) is 0.0744. The molecule has 2 saturated heterocycles. The number of hydrogen-bond acceptors (Lipinski definition) is 16. The van der Waals surface area contributed by atoms with Crippen molar-refractivity contribution in [3.05, 3.63) is 62.5 Å². The predicted molar refractivity (Wildman–Crippen MR) is 196 cm³/mol. The highest BCUT2D eigenvalue weighted by Crippen LogP contribution is 2.41. The van der Waals surface area contributed by atoms with Crippen molar-refractivity contribution in [3.8, 4) is 0 Å². The van der Waals surface area contributed by atoms with Gasteiger partial charge >= 0.3 is 24.2 Å². The summed E-state index contributed by atoms with van der Waals surface area (Å²) in [6.07, 6.45) is 0.340. The largest absolute Gasteiger partial charge is 0.512 e. The van der Waals surface area contributed by atoms with Crippen molar-refractivity contribution in [2.45, 2.75) is 30.3 Å². The highest BCUT2D eigenvalue weighted by atomic mass is 32.2. The average molecular weight is 831 g/mol. The number of rotatable bonds is 12. The Hall–Kier alpha value is -6.43. The van der Waals surface area contributed by atoms with Gasteiger partial charge in [-0.1, -0.05) is 5.16 Å². The van der Waals surface area contributed by atoms with Gasteiger partial charge in [-0.15, -0.1) is 23.1 Å². The van der Waals surface area contributed by atoms with E-state index in [9.17, 15) is 43.8 Å². The molecule has 0 bridgehead atoms. The van der Waals surface area contributed by atoms with E-state index in [1.165, 1.54) is 22.5 Å². The second-order valence-corrected chi connectivity index (χ2v) is 15.0. The van der Waals surface area contributed by atoms with E-state index in [-0.39, 0.29) is 65.4 Å². The first-order valence-electron chi connectivity index (χ1n) is 17.0. The minimum Gasteiger partial charge on any atom is -0.479 e. The number of anilines is 2. The summed E-state index contributed by atoms with van der Waals surface area (Å²) in [6, 6.07) is 1.35. The molecule has 4 aliphatic rings. The van der Waals surface area contributed by atoms with Crippen LogP contribution in [0.25, 0.3) is 10.9 Å². The molecule has 7 rings (SSSR count). The van der Waals surface area contributed by atoms with Crippen molar-refractivity contribution in [3.63, 3.8) is 0 Å². The second-order valence-electron chi connectivity index (χ2n) is 13.0. The summed E-state index contributed by atoms with van der Waals surface area (Å²) in [7, 11) is 0. The Kier molecular flexibility index (Phi) is 10.6. The van der Waals surface area contributed by atoms with Crippen molar-refractivity contribution in [2.24, 2.45) is 5.16 Å². The molecule has 300 valence electrons. The Balaban J connectivity index is 0.993. The van der Waals surface area contributed by atoms with Crippen LogP contribution in [0.2, 0.25) is 0 Å². The Labute approximate surface area is 327 Å². The molecule has 2 atom stereocenters. The van der Waals surface area contributed by atoms with Crippen molar-refractivity contribution < 1.29 is 62.8 Å². The fraction of sp³-hybridized carbons (Fsp3) is 0.364. The van der Waals surface area contributed by atoms with Gasteiger partial charge in [-0.25, -0.2) is 28.6 Å².